The van der Waals surface area contributed by atoms with Crippen molar-refractivity contribution in [1.29, 1.82) is 0 Å². The van der Waals surface area contributed by atoms with Gasteiger partial charge in [-0.05, 0) is 31.2 Å². The molecule has 0 aliphatic heterocycles. The van der Waals surface area contributed by atoms with Gasteiger partial charge in [0.25, 0.3) is 0 Å². The van der Waals surface area contributed by atoms with Gasteiger partial charge in [0.1, 0.15) is 0 Å². The van der Waals surface area contributed by atoms with E-state index in [1.165, 1.54) is 18.4 Å². The summed E-state index contributed by atoms with van der Waals surface area (Å²) in [6.45, 7) is 4.34. The maximum atomic E-state index is 12.3. The minimum atomic E-state index is -0.0422. The largest absolute Gasteiger partial charge is 0.350 e. The Kier molecular flexibility index (Phi) is 5.25. The number of halogens is 1. The Morgan fingerprint density at radius 3 is 2.70 bits per heavy atom. The van der Waals surface area contributed by atoms with Crippen molar-refractivity contribution in [1.82, 2.24) is 5.32 Å². The number of nitrogens with one attached hydrogen (secondary N) is 1. The van der Waals surface area contributed by atoms with Crippen LogP contribution in [-0.2, 0) is 11.2 Å². The van der Waals surface area contributed by atoms with Crippen LogP contribution in [0.3, 0.4) is 0 Å². The van der Waals surface area contributed by atoms with Gasteiger partial charge in [-0.15, -0.1) is 0 Å². The van der Waals surface area contributed by atoms with E-state index in [-0.39, 0.29) is 11.4 Å². The first-order valence-corrected chi connectivity index (χ1v) is 8.58. The minimum absolute atomic E-state index is 0.0422. The highest BCUT2D eigenvalue weighted by molar-refractivity contribution is 9.09. The second-order valence-corrected chi connectivity index (χ2v) is 6.89. The van der Waals surface area contributed by atoms with Crippen LogP contribution in [0, 0.1) is 12.8 Å². The minimum Gasteiger partial charge on any atom is -0.350 e. The first kappa shape index (κ1) is 15.6. The molecule has 20 heavy (non-hydrogen) atoms. The molecule has 1 N–H and O–H groups in total. The van der Waals surface area contributed by atoms with Crippen LogP contribution in [0.5, 0.6) is 0 Å². The Hall–Kier alpha value is -0.830. The lowest BCUT2D eigenvalue weighted by atomic mass is 9.77. The Bertz CT molecular complexity index is 457. The number of rotatable bonds is 4. The average molecular weight is 338 g/mol. The SMILES string of the molecule is Cc1ccc(CC(=O)NC2(CBr)CCCC(C)C2)cc1. The van der Waals surface area contributed by atoms with Crippen LogP contribution in [0.25, 0.3) is 0 Å². The fourth-order valence-corrected chi connectivity index (χ4v) is 3.81. The first-order valence-electron chi connectivity index (χ1n) is 7.45. The molecular weight excluding hydrogens is 314 g/mol. The van der Waals surface area contributed by atoms with Gasteiger partial charge in [0.2, 0.25) is 5.91 Å². The molecular formula is C17H24BrNO. The van der Waals surface area contributed by atoms with Gasteiger partial charge < -0.3 is 5.32 Å². The molecule has 3 heteroatoms. The number of amides is 1. The smallest absolute Gasteiger partial charge is 0.224 e. The molecule has 1 aliphatic carbocycles. The molecule has 0 saturated heterocycles. The van der Waals surface area contributed by atoms with Crippen molar-refractivity contribution < 1.29 is 4.79 Å². The van der Waals surface area contributed by atoms with Gasteiger partial charge in [0, 0.05) is 10.9 Å². The molecule has 1 fully saturated rings. The molecule has 0 spiro atoms. The van der Waals surface area contributed by atoms with Crippen LogP contribution in [0.15, 0.2) is 24.3 Å². The lowest BCUT2D eigenvalue weighted by Gasteiger charge is -2.39. The summed E-state index contributed by atoms with van der Waals surface area (Å²) in [5.74, 6) is 0.836. The predicted molar refractivity (Wildman–Crippen MR) is 87.2 cm³/mol. The zero-order valence-corrected chi connectivity index (χ0v) is 14.0. The van der Waals surface area contributed by atoms with Gasteiger partial charge >= 0.3 is 0 Å². The number of hydrogen-bond acceptors (Lipinski definition) is 1. The lowest BCUT2D eigenvalue weighted by Crippen LogP contribution is -2.53. The molecule has 110 valence electrons. The molecule has 1 amide bonds. The second kappa shape index (κ2) is 6.75. The maximum absolute atomic E-state index is 12.3. The molecule has 2 rings (SSSR count). The van der Waals surface area contributed by atoms with E-state index in [2.05, 4.69) is 47.2 Å². The number of benzene rings is 1. The summed E-state index contributed by atoms with van der Waals surface area (Å²) in [6.07, 6.45) is 5.13. The van der Waals surface area contributed by atoms with E-state index in [9.17, 15) is 4.79 Å². The first-order chi connectivity index (χ1) is 9.53. The van der Waals surface area contributed by atoms with E-state index in [1.54, 1.807) is 0 Å². The van der Waals surface area contributed by atoms with Gasteiger partial charge in [-0.25, -0.2) is 0 Å². The number of aryl methyl sites for hydroxylation is 1. The van der Waals surface area contributed by atoms with E-state index in [4.69, 9.17) is 0 Å². The van der Waals surface area contributed by atoms with Crippen LogP contribution in [0.1, 0.15) is 43.7 Å². The molecule has 1 aliphatic rings. The third kappa shape index (κ3) is 4.08. The number of alkyl halides is 1. The Balaban J connectivity index is 1.97. The van der Waals surface area contributed by atoms with Crippen molar-refractivity contribution >= 4 is 21.8 Å². The van der Waals surface area contributed by atoms with E-state index >= 15 is 0 Å². The number of hydrogen-bond donors (Lipinski definition) is 1. The third-order valence-electron chi connectivity index (χ3n) is 4.24. The zero-order valence-electron chi connectivity index (χ0n) is 12.4. The van der Waals surface area contributed by atoms with E-state index in [0.717, 1.165) is 23.7 Å². The fraction of sp³-hybridized carbons (Fsp3) is 0.588. The monoisotopic (exact) mass is 337 g/mol. The summed E-state index contributed by atoms with van der Waals surface area (Å²) in [6, 6.07) is 8.20. The molecule has 1 aromatic rings. The number of carbonyl (C=O) groups is 1. The molecule has 0 aromatic heterocycles. The van der Waals surface area contributed by atoms with Crippen molar-refractivity contribution in [3.05, 3.63) is 35.4 Å². The fourth-order valence-electron chi connectivity index (χ4n) is 3.16. The zero-order chi connectivity index (χ0) is 14.6. The molecule has 1 aromatic carbocycles. The predicted octanol–water partition coefficient (Wildman–Crippen LogP) is 4.00. The Morgan fingerprint density at radius 2 is 2.10 bits per heavy atom. The van der Waals surface area contributed by atoms with Crippen molar-refractivity contribution in [3.8, 4) is 0 Å². The molecule has 2 unspecified atom stereocenters. The second-order valence-electron chi connectivity index (χ2n) is 6.33. The molecule has 0 heterocycles. The van der Waals surface area contributed by atoms with Gasteiger partial charge in [0.05, 0.1) is 6.42 Å². The van der Waals surface area contributed by atoms with Crippen molar-refractivity contribution in [2.24, 2.45) is 5.92 Å². The van der Waals surface area contributed by atoms with Gasteiger partial charge in [-0.2, -0.15) is 0 Å². The van der Waals surface area contributed by atoms with E-state index < -0.39 is 0 Å². The summed E-state index contributed by atoms with van der Waals surface area (Å²) in [5.41, 5.74) is 2.27. The van der Waals surface area contributed by atoms with Gasteiger partial charge in [0.15, 0.2) is 0 Å². The van der Waals surface area contributed by atoms with Gasteiger partial charge in [-0.3, -0.25) is 4.79 Å². The van der Waals surface area contributed by atoms with Crippen LogP contribution in [-0.4, -0.2) is 16.8 Å². The summed E-state index contributed by atoms with van der Waals surface area (Å²) in [7, 11) is 0. The molecule has 0 bridgehead atoms. The van der Waals surface area contributed by atoms with Crippen LogP contribution in [0.2, 0.25) is 0 Å². The highest BCUT2D eigenvalue weighted by Gasteiger charge is 2.35. The van der Waals surface area contributed by atoms with Crippen molar-refractivity contribution in [3.63, 3.8) is 0 Å². The van der Waals surface area contributed by atoms with Gasteiger partial charge in [-0.1, -0.05) is 65.5 Å². The average Bonchev–Trinajstić information content (AvgIpc) is 2.41. The number of carbonyl (C=O) groups excluding carboxylic acids is 1. The van der Waals surface area contributed by atoms with Crippen LogP contribution in [0.4, 0.5) is 0 Å². The third-order valence-corrected chi connectivity index (χ3v) is 5.31. The molecule has 1 saturated carbocycles. The van der Waals surface area contributed by atoms with Crippen molar-refractivity contribution in [2.45, 2.75) is 51.5 Å². The van der Waals surface area contributed by atoms with Crippen LogP contribution < -0.4 is 5.32 Å². The summed E-state index contributed by atoms with van der Waals surface area (Å²) in [4.78, 5) is 12.3. The highest BCUT2D eigenvalue weighted by Crippen LogP contribution is 2.33. The molecule has 0 radical (unpaired) electrons. The summed E-state index contributed by atoms with van der Waals surface area (Å²) < 4.78 is 0. The molecule has 2 nitrogen and oxygen atoms in total. The summed E-state index contributed by atoms with van der Waals surface area (Å²) in [5, 5.41) is 4.14. The Morgan fingerprint density at radius 1 is 1.40 bits per heavy atom. The normalized spacial score (nSPS) is 26.2. The lowest BCUT2D eigenvalue weighted by molar-refractivity contribution is -0.122. The van der Waals surface area contributed by atoms with E-state index in [1.807, 2.05) is 12.1 Å². The van der Waals surface area contributed by atoms with Crippen molar-refractivity contribution in [2.75, 3.05) is 5.33 Å². The Labute approximate surface area is 130 Å². The highest BCUT2D eigenvalue weighted by atomic mass is 79.9. The maximum Gasteiger partial charge on any atom is 0.224 e. The van der Waals surface area contributed by atoms with E-state index in [0.29, 0.717) is 12.3 Å². The molecule has 2 atom stereocenters. The standard InChI is InChI=1S/C17H24BrNO/c1-13-5-7-15(8-6-13)10-16(20)19-17(12-18)9-3-4-14(2)11-17/h5-8,14H,3-4,9-12H2,1-2H3,(H,19,20). The summed E-state index contributed by atoms with van der Waals surface area (Å²) >= 11 is 3.60. The topological polar surface area (TPSA) is 29.1 Å². The quantitative estimate of drug-likeness (QED) is 0.826. The van der Waals surface area contributed by atoms with Crippen LogP contribution >= 0.6 is 15.9 Å².